The predicted octanol–water partition coefficient (Wildman–Crippen LogP) is 3.80. The fourth-order valence-electron chi connectivity index (χ4n) is 3.20. The third-order valence-electron chi connectivity index (χ3n) is 4.55. The van der Waals surface area contributed by atoms with Crippen LogP contribution < -0.4 is 19.9 Å². The highest BCUT2D eigenvalue weighted by atomic mass is 32.2. The molecule has 0 atom stereocenters. The van der Waals surface area contributed by atoms with E-state index in [1.807, 2.05) is 30.3 Å². The molecule has 0 aliphatic carbocycles. The fourth-order valence-corrected chi connectivity index (χ4v) is 3.20. The number of primary amides is 1. The summed E-state index contributed by atoms with van der Waals surface area (Å²) in [5, 5.41) is 2.45. The smallest absolute Gasteiger partial charge is 0.261 e. The van der Waals surface area contributed by atoms with E-state index >= 15 is 0 Å². The number of hydrogen-bond donors (Lipinski definition) is 2. The summed E-state index contributed by atoms with van der Waals surface area (Å²) in [6.07, 6.45) is 2.39. The van der Waals surface area contributed by atoms with Gasteiger partial charge in [0.25, 0.3) is 10.1 Å². The van der Waals surface area contributed by atoms with Gasteiger partial charge in [-0.1, -0.05) is 12.1 Å². The number of amides is 1. The number of ether oxygens (including phenoxy) is 3. The van der Waals surface area contributed by atoms with Crippen molar-refractivity contribution < 1.29 is 32.0 Å². The Labute approximate surface area is 190 Å². The van der Waals surface area contributed by atoms with Crippen molar-refractivity contribution in [3.63, 3.8) is 0 Å². The highest BCUT2D eigenvalue weighted by molar-refractivity contribution is 7.85. The predicted molar refractivity (Wildman–Crippen MR) is 125 cm³/mol. The van der Waals surface area contributed by atoms with E-state index in [0.717, 1.165) is 21.7 Å². The summed E-state index contributed by atoms with van der Waals surface area (Å²) in [4.78, 5) is 16.0. The summed E-state index contributed by atoms with van der Waals surface area (Å²) in [7, 11) is -0.500. The zero-order chi connectivity index (χ0) is 24.2. The minimum Gasteiger partial charge on any atom is -0.493 e. The third kappa shape index (κ3) is 5.88. The lowest BCUT2D eigenvalue weighted by Crippen LogP contribution is -2.11. The molecular formula is C23H22N2O7S. The van der Waals surface area contributed by atoms with Gasteiger partial charge in [0, 0.05) is 23.2 Å². The first-order valence-corrected chi connectivity index (χ1v) is 11.4. The van der Waals surface area contributed by atoms with E-state index in [4.69, 9.17) is 24.5 Å². The van der Waals surface area contributed by atoms with Crippen LogP contribution in [0.25, 0.3) is 21.7 Å². The fraction of sp³-hybridized carbons (Fsp3) is 0.130. The van der Waals surface area contributed by atoms with Gasteiger partial charge in [-0.15, -0.1) is 0 Å². The van der Waals surface area contributed by atoms with Crippen LogP contribution in [0.15, 0.2) is 60.8 Å². The number of benzene rings is 3. The maximum Gasteiger partial charge on any atom is 0.261 e. The van der Waals surface area contributed by atoms with Crippen LogP contribution in [0, 0.1) is 0 Å². The quantitative estimate of drug-likeness (QED) is 0.420. The Morgan fingerprint density at radius 1 is 0.939 bits per heavy atom. The zero-order valence-corrected chi connectivity index (χ0v) is 18.9. The monoisotopic (exact) mass is 470 g/mol. The molecule has 0 saturated heterocycles. The van der Waals surface area contributed by atoms with Crippen molar-refractivity contribution in [1.82, 2.24) is 4.98 Å². The molecule has 0 fully saturated rings. The summed E-state index contributed by atoms with van der Waals surface area (Å²) in [6, 6.07) is 16.4. The van der Waals surface area contributed by atoms with Gasteiger partial charge < -0.3 is 19.9 Å². The van der Waals surface area contributed by atoms with Crippen LogP contribution in [-0.4, -0.2) is 44.3 Å². The first kappa shape index (κ1) is 23.8. The average molecular weight is 471 g/mol. The molecule has 0 saturated carbocycles. The summed E-state index contributed by atoms with van der Waals surface area (Å²) < 4.78 is 42.7. The summed E-state index contributed by atoms with van der Waals surface area (Å²) >= 11 is 0. The van der Waals surface area contributed by atoms with Crippen LogP contribution in [-0.2, 0) is 10.1 Å². The van der Waals surface area contributed by atoms with E-state index in [2.05, 4.69) is 4.98 Å². The second-order valence-corrected chi connectivity index (χ2v) is 8.39. The van der Waals surface area contributed by atoms with Gasteiger partial charge in [0.15, 0.2) is 11.5 Å². The van der Waals surface area contributed by atoms with E-state index < -0.39 is 16.0 Å². The molecule has 0 bridgehead atoms. The van der Waals surface area contributed by atoms with Gasteiger partial charge in [0.2, 0.25) is 5.91 Å². The first-order valence-electron chi connectivity index (χ1n) is 9.54. The van der Waals surface area contributed by atoms with Crippen molar-refractivity contribution in [2.24, 2.45) is 5.73 Å². The minimum atomic E-state index is -3.67. The first-order chi connectivity index (χ1) is 15.6. The van der Waals surface area contributed by atoms with Gasteiger partial charge >= 0.3 is 0 Å². The summed E-state index contributed by atoms with van der Waals surface area (Å²) in [5.74, 6) is 2.01. The molecule has 9 nitrogen and oxygen atoms in total. The number of methoxy groups -OCH3 is 2. The van der Waals surface area contributed by atoms with Crippen molar-refractivity contribution in [2.45, 2.75) is 0 Å². The number of pyridine rings is 1. The van der Waals surface area contributed by atoms with Crippen LogP contribution in [0.4, 0.5) is 0 Å². The van der Waals surface area contributed by atoms with Crippen molar-refractivity contribution >= 4 is 37.7 Å². The van der Waals surface area contributed by atoms with E-state index in [1.54, 1.807) is 44.7 Å². The normalized spacial score (nSPS) is 10.9. The Morgan fingerprint density at radius 2 is 1.61 bits per heavy atom. The molecule has 3 N–H and O–H groups in total. The van der Waals surface area contributed by atoms with Gasteiger partial charge in [0.05, 0.1) is 26.0 Å². The van der Waals surface area contributed by atoms with E-state index in [9.17, 15) is 13.2 Å². The van der Waals surface area contributed by atoms with Crippen molar-refractivity contribution in [2.75, 3.05) is 20.5 Å². The van der Waals surface area contributed by atoms with Gasteiger partial charge in [-0.25, -0.2) is 0 Å². The standard InChI is InChI=1S/C22H18N2O4.CH4O3S/c1-26-20-11-17-18(12-21(20)27-2)24-9-8-19(17)28-14-6-7-15-13(10-14)4-3-5-16(15)22(23)25;1-5(2,3)4/h3-12H,1-2H3,(H2,23,25);1H3,(H,2,3,4). The topological polar surface area (TPSA) is 138 Å². The van der Waals surface area contributed by atoms with Crippen molar-refractivity contribution in [1.29, 1.82) is 0 Å². The van der Waals surface area contributed by atoms with Crippen molar-refractivity contribution in [3.05, 3.63) is 66.4 Å². The Balaban J connectivity index is 0.000000555. The number of carbonyl (C=O) groups is 1. The van der Waals surface area contributed by atoms with Gasteiger partial charge in [-0.3, -0.25) is 14.3 Å². The third-order valence-corrected chi connectivity index (χ3v) is 4.55. The summed E-state index contributed by atoms with van der Waals surface area (Å²) in [5.41, 5.74) is 6.67. The molecule has 3 aromatic carbocycles. The molecule has 0 aliphatic rings. The highest BCUT2D eigenvalue weighted by Gasteiger charge is 2.12. The number of hydrogen-bond acceptors (Lipinski definition) is 7. The molecule has 0 aliphatic heterocycles. The Hall–Kier alpha value is -3.89. The molecule has 0 spiro atoms. The largest absolute Gasteiger partial charge is 0.493 e. The molecule has 1 heterocycles. The van der Waals surface area contributed by atoms with Gasteiger partial charge in [-0.05, 0) is 47.2 Å². The lowest BCUT2D eigenvalue weighted by atomic mass is 10.0. The summed E-state index contributed by atoms with van der Waals surface area (Å²) in [6.45, 7) is 0. The molecule has 0 radical (unpaired) electrons. The molecule has 10 heteroatoms. The van der Waals surface area contributed by atoms with Crippen LogP contribution in [0.3, 0.4) is 0 Å². The SMILES string of the molecule is COc1cc2nccc(Oc3ccc4c(C(N)=O)cccc4c3)c2cc1OC.CS(=O)(=O)O. The lowest BCUT2D eigenvalue weighted by molar-refractivity contribution is 0.100. The van der Waals surface area contributed by atoms with Crippen LogP contribution in [0.1, 0.15) is 10.4 Å². The van der Waals surface area contributed by atoms with E-state index in [-0.39, 0.29) is 0 Å². The lowest BCUT2D eigenvalue weighted by Gasteiger charge is -2.13. The molecule has 0 unspecified atom stereocenters. The van der Waals surface area contributed by atoms with Crippen molar-refractivity contribution in [3.8, 4) is 23.0 Å². The maximum absolute atomic E-state index is 11.6. The molecular weight excluding hydrogens is 448 g/mol. The molecule has 1 aromatic heterocycles. The van der Waals surface area contributed by atoms with Crippen LogP contribution in [0.2, 0.25) is 0 Å². The zero-order valence-electron chi connectivity index (χ0n) is 18.1. The van der Waals surface area contributed by atoms with E-state index in [0.29, 0.717) is 34.8 Å². The average Bonchev–Trinajstić information content (AvgIpc) is 2.76. The Bertz CT molecular complexity index is 1430. The highest BCUT2D eigenvalue weighted by Crippen LogP contribution is 2.37. The maximum atomic E-state index is 11.6. The Morgan fingerprint density at radius 3 is 2.24 bits per heavy atom. The number of nitrogens with zero attached hydrogens (tertiary/aromatic N) is 1. The number of aromatic nitrogens is 1. The second-order valence-electron chi connectivity index (χ2n) is 6.92. The van der Waals surface area contributed by atoms with Crippen LogP contribution in [0.5, 0.6) is 23.0 Å². The van der Waals surface area contributed by atoms with Gasteiger partial charge in [-0.2, -0.15) is 8.42 Å². The Kier molecular flexibility index (Phi) is 7.00. The molecule has 33 heavy (non-hydrogen) atoms. The van der Waals surface area contributed by atoms with Gasteiger partial charge in [0.1, 0.15) is 11.5 Å². The van der Waals surface area contributed by atoms with E-state index in [1.165, 1.54) is 0 Å². The molecule has 172 valence electrons. The minimum absolute atomic E-state index is 0.458. The second kappa shape index (κ2) is 9.72. The number of rotatable bonds is 5. The number of nitrogens with two attached hydrogens (primary N) is 1. The molecule has 4 aromatic rings. The molecule has 4 rings (SSSR count). The van der Waals surface area contributed by atoms with Crippen LogP contribution >= 0.6 is 0 Å². The molecule has 1 amide bonds. The number of carbonyl (C=O) groups excluding carboxylic acids is 1. The number of fused-ring (bicyclic) bond motifs is 2.